The van der Waals surface area contributed by atoms with Crippen molar-refractivity contribution < 1.29 is 28.2 Å². The van der Waals surface area contributed by atoms with Gasteiger partial charge in [-0.2, -0.15) is 0 Å². The highest BCUT2D eigenvalue weighted by Crippen LogP contribution is 2.20. The minimum atomic E-state index is -1.14. The predicted octanol–water partition coefficient (Wildman–Crippen LogP) is 1.03. The molecule has 26 heavy (non-hydrogen) atoms. The summed E-state index contributed by atoms with van der Waals surface area (Å²) in [6.07, 6.45) is 2.22. The molecule has 1 N–H and O–H groups in total. The molecular formula is C18H24F2N2O4. The molecule has 1 amide bonds. The number of hydrogen-bond donors (Lipinski definition) is 1. The standard InChI is InChI=1S/C18H24F2N2O4/c19-14-3-4-16(15(20)9-14)26-10-17(23)22-7-8-25-13-18(24,12-22)11-21-5-1-2-6-21/h3-4,9,24H,1-2,5-8,10-13H2. The highest BCUT2D eigenvalue weighted by Gasteiger charge is 2.36. The number of β-amino-alcohol motifs (C(OH)–C–C–N with tert-alkyl or cyclic N) is 1. The monoisotopic (exact) mass is 370 g/mol. The van der Waals surface area contributed by atoms with Gasteiger partial charge in [0.2, 0.25) is 0 Å². The fourth-order valence-electron chi connectivity index (χ4n) is 3.41. The lowest BCUT2D eigenvalue weighted by Gasteiger charge is -2.33. The minimum Gasteiger partial charge on any atom is -0.481 e. The van der Waals surface area contributed by atoms with Crippen LogP contribution in [0.15, 0.2) is 18.2 Å². The van der Waals surface area contributed by atoms with Crippen molar-refractivity contribution in [3.8, 4) is 5.75 Å². The second kappa shape index (κ2) is 8.28. The van der Waals surface area contributed by atoms with Crippen molar-refractivity contribution in [2.45, 2.75) is 18.4 Å². The molecule has 0 aliphatic carbocycles. The van der Waals surface area contributed by atoms with Gasteiger partial charge >= 0.3 is 0 Å². The average Bonchev–Trinajstić information content (AvgIpc) is 3.01. The summed E-state index contributed by atoms with van der Waals surface area (Å²) in [4.78, 5) is 16.1. The Labute approximate surface area is 151 Å². The van der Waals surface area contributed by atoms with E-state index in [0.717, 1.165) is 38.1 Å². The fourth-order valence-corrected chi connectivity index (χ4v) is 3.41. The highest BCUT2D eigenvalue weighted by molar-refractivity contribution is 5.78. The zero-order valence-electron chi connectivity index (χ0n) is 14.6. The summed E-state index contributed by atoms with van der Waals surface area (Å²) in [7, 11) is 0. The Morgan fingerprint density at radius 3 is 2.77 bits per heavy atom. The molecule has 0 spiro atoms. The number of halogens is 2. The predicted molar refractivity (Wildman–Crippen MR) is 89.9 cm³/mol. The Kier molecular flexibility index (Phi) is 6.05. The first kappa shape index (κ1) is 19.0. The summed E-state index contributed by atoms with van der Waals surface area (Å²) in [6.45, 7) is 2.88. The highest BCUT2D eigenvalue weighted by atomic mass is 19.1. The van der Waals surface area contributed by atoms with E-state index < -0.39 is 17.2 Å². The number of amides is 1. The number of likely N-dealkylation sites (tertiary alicyclic amines) is 1. The lowest BCUT2D eigenvalue weighted by atomic mass is 10.0. The molecule has 3 rings (SSSR count). The topological polar surface area (TPSA) is 62.2 Å². The van der Waals surface area contributed by atoms with Crippen LogP contribution in [0.25, 0.3) is 0 Å². The largest absolute Gasteiger partial charge is 0.481 e. The second-order valence-corrected chi connectivity index (χ2v) is 6.94. The maximum atomic E-state index is 13.6. The molecule has 1 atom stereocenters. The number of ether oxygens (including phenoxy) is 2. The first-order valence-electron chi connectivity index (χ1n) is 8.83. The third-order valence-electron chi connectivity index (χ3n) is 4.68. The van der Waals surface area contributed by atoms with Crippen LogP contribution in [-0.4, -0.2) is 79.0 Å². The van der Waals surface area contributed by atoms with Gasteiger partial charge in [0, 0.05) is 19.2 Å². The summed E-state index contributed by atoms with van der Waals surface area (Å²) >= 11 is 0. The van der Waals surface area contributed by atoms with Crippen molar-refractivity contribution >= 4 is 5.91 Å². The molecule has 1 aromatic carbocycles. The van der Waals surface area contributed by atoms with Crippen LogP contribution in [0.4, 0.5) is 8.78 Å². The minimum absolute atomic E-state index is 0.137. The van der Waals surface area contributed by atoms with E-state index in [-0.39, 0.29) is 31.4 Å². The third kappa shape index (κ3) is 4.90. The molecule has 0 radical (unpaired) electrons. The lowest BCUT2D eigenvalue weighted by molar-refractivity contribution is -0.136. The molecule has 6 nitrogen and oxygen atoms in total. The van der Waals surface area contributed by atoms with Crippen molar-refractivity contribution in [3.63, 3.8) is 0 Å². The Bertz CT molecular complexity index is 640. The Morgan fingerprint density at radius 2 is 2.04 bits per heavy atom. The van der Waals surface area contributed by atoms with E-state index >= 15 is 0 Å². The van der Waals surface area contributed by atoms with Crippen molar-refractivity contribution in [2.24, 2.45) is 0 Å². The van der Waals surface area contributed by atoms with Gasteiger partial charge < -0.3 is 24.4 Å². The third-order valence-corrected chi connectivity index (χ3v) is 4.68. The molecule has 8 heteroatoms. The molecule has 0 saturated carbocycles. The molecule has 2 heterocycles. The van der Waals surface area contributed by atoms with Crippen molar-refractivity contribution in [1.82, 2.24) is 9.80 Å². The lowest BCUT2D eigenvalue weighted by Crippen LogP contribution is -2.53. The summed E-state index contributed by atoms with van der Waals surface area (Å²) in [5, 5.41) is 10.9. The zero-order chi connectivity index (χ0) is 18.6. The molecule has 2 aliphatic rings. The van der Waals surface area contributed by atoms with Gasteiger partial charge in [-0.25, -0.2) is 8.78 Å². The molecule has 0 bridgehead atoms. The van der Waals surface area contributed by atoms with E-state index in [2.05, 4.69) is 4.90 Å². The van der Waals surface area contributed by atoms with E-state index in [1.807, 2.05) is 0 Å². The van der Waals surface area contributed by atoms with Crippen LogP contribution in [0.1, 0.15) is 12.8 Å². The summed E-state index contributed by atoms with van der Waals surface area (Å²) in [5.74, 6) is -2.13. The molecule has 2 aliphatic heterocycles. The van der Waals surface area contributed by atoms with Gasteiger partial charge in [0.05, 0.1) is 19.8 Å². The van der Waals surface area contributed by atoms with E-state index in [0.29, 0.717) is 25.8 Å². The molecule has 2 saturated heterocycles. The zero-order valence-corrected chi connectivity index (χ0v) is 14.6. The second-order valence-electron chi connectivity index (χ2n) is 6.94. The number of hydrogen-bond acceptors (Lipinski definition) is 5. The maximum absolute atomic E-state index is 13.6. The van der Waals surface area contributed by atoms with Crippen molar-refractivity contribution in [2.75, 3.05) is 52.5 Å². The maximum Gasteiger partial charge on any atom is 0.260 e. The molecule has 1 aromatic rings. The summed E-state index contributed by atoms with van der Waals surface area (Å²) in [5.41, 5.74) is -1.14. The quantitative estimate of drug-likeness (QED) is 0.839. The van der Waals surface area contributed by atoms with Gasteiger partial charge in [-0.05, 0) is 38.1 Å². The van der Waals surface area contributed by atoms with Gasteiger partial charge in [0.25, 0.3) is 5.91 Å². The molecule has 2 fully saturated rings. The van der Waals surface area contributed by atoms with Crippen LogP contribution in [0.5, 0.6) is 5.75 Å². The number of nitrogens with zero attached hydrogens (tertiary/aromatic N) is 2. The van der Waals surface area contributed by atoms with Gasteiger partial charge in [0.15, 0.2) is 18.2 Å². The van der Waals surface area contributed by atoms with E-state index in [1.165, 1.54) is 4.90 Å². The summed E-state index contributed by atoms with van der Waals surface area (Å²) < 4.78 is 37.2. The Balaban J connectivity index is 1.58. The molecule has 0 aromatic heterocycles. The van der Waals surface area contributed by atoms with Gasteiger partial charge in [-0.1, -0.05) is 0 Å². The van der Waals surface area contributed by atoms with Crippen LogP contribution in [-0.2, 0) is 9.53 Å². The van der Waals surface area contributed by atoms with E-state index in [1.54, 1.807) is 0 Å². The number of aliphatic hydroxyl groups is 1. The smallest absolute Gasteiger partial charge is 0.260 e. The number of benzene rings is 1. The van der Waals surface area contributed by atoms with Crippen LogP contribution >= 0.6 is 0 Å². The van der Waals surface area contributed by atoms with Crippen molar-refractivity contribution in [3.05, 3.63) is 29.8 Å². The SMILES string of the molecule is O=C(COc1ccc(F)cc1F)N1CCOCC(O)(CN2CCCC2)C1. The van der Waals surface area contributed by atoms with E-state index in [9.17, 15) is 18.7 Å². The van der Waals surface area contributed by atoms with Crippen LogP contribution in [0.3, 0.4) is 0 Å². The fraction of sp³-hybridized carbons (Fsp3) is 0.611. The number of carbonyl (C=O) groups is 1. The Hall–Kier alpha value is -1.77. The van der Waals surface area contributed by atoms with E-state index in [4.69, 9.17) is 9.47 Å². The Morgan fingerprint density at radius 1 is 1.27 bits per heavy atom. The number of carbonyl (C=O) groups excluding carboxylic acids is 1. The van der Waals surface area contributed by atoms with Crippen LogP contribution in [0, 0.1) is 11.6 Å². The van der Waals surface area contributed by atoms with Gasteiger partial charge in [-0.15, -0.1) is 0 Å². The first-order valence-corrected chi connectivity index (χ1v) is 8.83. The first-order chi connectivity index (χ1) is 12.5. The van der Waals surface area contributed by atoms with Crippen molar-refractivity contribution in [1.29, 1.82) is 0 Å². The van der Waals surface area contributed by atoms with Crippen LogP contribution in [0.2, 0.25) is 0 Å². The average molecular weight is 370 g/mol. The normalized spacial score (nSPS) is 24.5. The molecule has 144 valence electrons. The summed E-state index contributed by atoms with van der Waals surface area (Å²) in [6, 6.07) is 2.92. The molecular weight excluding hydrogens is 346 g/mol. The van der Waals surface area contributed by atoms with Gasteiger partial charge in [0.1, 0.15) is 11.4 Å². The number of rotatable bonds is 5. The molecule has 1 unspecified atom stereocenters. The van der Waals surface area contributed by atoms with Gasteiger partial charge in [-0.3, -0.25) is 4.79 Å². The van der Waals surface area contributed by atoms with Crippen LogP contribution < -0.4 is 4.74 Å².